The zero-order valence-electron chi connectivity index (χ0n) is 10.9. The number of amides is 1. The Morgan fingerprint density at radius 1 is 1.24 bits per heavy atom. The van der Waals surface area contributed by atoms with E-state index in [0.29, 0.717) is 16.7 Å². The van der Waals surface area contributed by atoms with Gasteiger partial charge in [0, 0.05) is 6.08 Å². The summed E-state index contributed by atoms with van der Waals surface area (Å²) in [4.78, 5) is 28.0. The zero-order valence-corrected chi connectivity index (χ0v) is 10.9. The van der Waals surface area contributed by atoms with E-state index in [1.807, 2.05) is 0 Å². The van der Waals surface area contributed by atoms with Crippen molar-refractivity contribution in [3.8, 4) is 0 Å². The maximum atomic E-state index is 12.2. The molecule has 0 saturated carbocycles. The number of benzene rings is 1. The fourth-order valence-corrected chi connectivity index (χ4v) is 1.85. The van der Waals surface area contributed by atoms with Gasteiger partial charge in [0.1, 0.15) is 12.1 Å². The van der Waals surface area contributed by atoms with Crippen LogP contribution < -0.4 is 11.0 Å². The number of nitrogens with one attached hydrogen (secondary N) is 1. The van der Waals surface area contributed by atoms with E-state index in [9.17, 15) is 9.59 Å². The summed E-state index contributed by atoms with van der Waals surface area (Å²) in [6.07, 6.45) is 5.58. The van der Waals surface area contributed by atoms with Gasteiger partial charge in [-0.2, -0.15) is 0 Å². The molecule has 0 saturated heterocycles. The minimum Gasteiger partial charge on any atom is -0.465 e. The van der Waals surface area contributed by atoms with E-state index in [-0.39, 0.29) is 5.56 Å². The first-order valence-corrected chi connectivity index (χ1v) is 6.23. The second-order valence-electron chi connectivity index (χ2n) is 4.26. The second-order valence-corrected chi connectivity index (χ2v) is 4.26. The van der Waals surface area contributed by atoms with Crippen LogP contribution >= 0.6 is 0 Å². The van der Waals surface area contributed by atoms with Crippen LogP contribution in [0.4, 0.5) is 0 Å². The van der Waals surface area contributed by atoms with E-state index >= 15 is 0 Å². The SMILES string of the molecule is O=C(/C=C/c1ccco1)Nn1cnc2ccccc2c1=O. The summed E-state index contributed by atoms with van der Waals surface area (Å²) in [6.45, 7) is 0. The number of aromatic nitrogens is 2. The van der Waals surface area contributed by atoms with E-state index in [1.54, 1.807) is 36.4 Å². The third kappa shape index (κ3) is 2.74. The average Bonchev–Trinajstić information content (AvgIpc) is 3.02. The molecule has 0 radical (unpaired) electrons. The fraction of sp³-hybridized carbons (Fsp3) is 0. The third-order valence-electron chi connectivity index (χ3n) is 2.84. The van der Waals surface area contributed by atoms with Crippen molar-refractivity contribution in [3.63, 3.8) is 0 Å². The maximum Gasteiger partial charge on any atom is 0.280 e. The molecule has 104 valence electrons. The Bertz CT molecular complexity index is 863. The number of rotatable bonds is 3. The summed E-state index contributed by atoms with van der Waals surface area (Å²) in [5, 5.41) is 0.440. The molecule has 21 heavy (non-hydrogen) atoms. The predicted molar refractivity (Wildman–Crippen MR) is 78.1 cm³/mol. The van der Waals surface area contributed by atoms with Gasteiger partial charge in [-0.05, 0) is 30.3 Å². The molecule has 0 unspecified atom stereocenters. The Labute approximate surface area is 119 Å². The Morgan fingerprint density at radius 2 is 2.10 bits per heavy atom. The fourth-order valence-electron chi connectivity index (χ4n) is 1.85. The lowest BCUT2D eigenvalue weighted by Gasteiger charge is -2.06. The lowest BCUT2D eigenvalue weighted by Crippen LogP contribution is -2.32. The molecule has 6 nitrogen and oxygen atoms in total. The summed E-state index contributed by atoms with van der Waals surface area (Å²) < 4.78 is 6.12. The van der Waals surface area contributed by atoms with Crippen molar-refractivity contribution in [1.82, 2.24) is 9.66 Å². The molecule has 3 rings (SSSR count). The smallest absolute Gasteiger partial charge is 0.280 e. The van der Waals surface area contributed by atoms with E-state index in [1.165, 1.54) is 24.7 Å². The second kappa shape index (κ2) is 5.46. The summed E-state index contributed by atoms with van der Waals surface area (Å²) in [6, 6.07) is 10.4. The third-order valence-corrected chi connectivity index (χ3v) is 2.84. The molecule has 3 aromatic rings. The molecule has 0 spiro atoms. The number of fused-ring (bicyclic) bond motifs is 1. The maximum absolute atomic E-state index is 12.2. The monoisotopic (exact) mass is 281 g/mol. The van der Waals surface area contributed by atoms with Crippen molar-refractivity contribution >= 4 is 22.9 Å². The van der Waals surface area contributed by atoms with E-state index < -0.39 is 5.91 Å². The van der Waals surface area contributed by atoms with Crippen LogP contribution in [-0.4, -0.2) is 15.6 Å². The molecule has 1 N–H and O–H groups in total. The summed E-state index contributed by atoms with van der Waals surface area (Å²) in [7, 11) is 0. The molecule has 0 aliphatic rings. The Balaban J connectivity index is 1.83. The van der Waals surface area contributed by atoms with E-state index in [0.717, 1.165) is 4.68 Å². The lowest BCUT2D eigenvalue weighted by atomic mass is 10.2. The van der Waals surface area contributed by atoms with Crippen LogP contribution in [0, 0.1) is 0 Å². The van der Waals surface area contributed by atoms with Crippen LogP contribution in [-0.2, 0) is 4.79 Å². The molecule has 2 aromatic heterocycles. The van der Waals surface area contributed by atoms with Crippen LogP contribution in [0.25, 0.3) is 17.0 Å². The largest absolute Gasteiger partial charge is 0.465 e. The molecular formula is C15H11N3O3. The van der Waals surface area contributed by atoms with Crippen LogP contribution in [0.3, 0.4) is 0 Å². The highest BCUT2D eigenvalue weighted by Gasteiger charge is 2.04. The molecule has 2 heterocycles. The number of nitrogens with zero attached hydrogens (tertiary/aromatic N) is 2. The van der Waals surface area contributed by atoms with Crippen molar-refractivity contribution in [2.24, 2.45) is 0 Å². The highest BCUT2D eigenvalue weighted by molar-refractivity contribution is 5.97. The molecular weight excluding hydrogens is 270 g/mol. The van der Waals surface area contributed by atoms with E-state index in [4.69, 9.17) is 4.42 Å². The van der Waals surface area contributed by atoms with Gasteiger partial charge in [-0.3, -0.25) is 15.0 Å². The molecule has 0 aliphatic heterocycles. The highest BCUT2D eigenvalue weighted by Crippen LogP contribution is 2.04. The molecule has 1 amide bonds. The summed E-state index contributed by atoms with van der Waals surface area (Å²) >= 11 is 0. The number of para-hydroxylation sites is 1. The number of hydrogen-bond donors (Lipinski definition) is 1. The number of furan rings is 1. The molecule has 0 bridgehead atoms. The first-order chi connectivity index (χ1) is 10.2. The van der Waals surface area contributed by atoms with Crippen LogP contribution in [0.15, 0.2) is 64.3 Å². The Kier molecular flexibility index (Phi) is 3.34. The minimum atomic E-state index is -0.453. The van der Waals surface area contributed by atoms with Crippen molar-refractivity contribution in [3.05, 3.63) is 71.2 Å². The van der Waals surface area contributed by atoms with Gasteiger partial charge < -0.3 is 4.42 Å². The van der Waals surface area contributed by atoms with Crippen molar-refractivity contribution in [2.75, 3.05) is 5.43 Å². The summed E-state index contributed by atoms with van der Waals surface area (Å²) in [5.41, 5.74) is 2.69. The molecule has 1 aromatic carbocycles. The van der Waals surface area contributed by atoms with Gasteiger partial charge in [0.15, 0.2) is 0 Å². The summed E-state index contributed by atoms with van der Waals surface area (Å²) in [5.74, 6) is 0.0970. The average molecular weight is 281 g/mol. The molecule has 0 fully saturated rings. The quantitative estimate of drug-likeness (QED) is 0.742. The van der Waals surface area contributed by atoms with Gasteiger partial charge >= 0.3 is 0 Å². The Hall–Kier alpha value is -3.15. The van der Waals surface area contributed by atoms with Gasteiger partial charge in [0.2, 0.25) is 0 Å². The molecule has 0 atom stereocenters. The van der Waals surface area contributed by atoms with Gasteiger partial charge in [-0.25, -0.2) is 9.66 Å². The predicted octanol–water partition coefficient (Wildman–Crippen LogP) is 1.77. The van der Waals surface area contributed by atoms with Gasteiger partial charge in [-0.15, -0.1) is 0 Å². The van der Waals surface area contributed by atoms with Gasteiger partial charge in [-0.1, -0.05) is 12.1 Å². The topological polar surface area (TPSA) is 77.1 Å². The lowest BCUT2D eigenvalue weighted by molar-refractivity contribution is -0.112. The number of hydrogen-bond acceptors (Lipinski definition) is 4. The van der Waals surface area contributed by atoms with Crippen molar-refractivity contribution in [1.29, 1.82) is 0 Å². The van der Waals surface area contributed by atoms with Crippen molar-refractivity contribution < 1.29 is 9.21 Å². The zero-order chi connectivity index (χ0) is 14.7. The number of carbonyl (C=O) groups is 1. The number of carbonyl (C=O) groups excluding carboxylic acids is 1. The Morgan fingerprint density at radius 3 is 2.90 bits per heavy atom. The first kappa shape index (κ1) is 12.9. The van der Waals surface area contributed by atoms with Crippen molar-refractivity contribution in [2.45, 2.75) is 0 Å². The van der Waals surface area contributed by atoms with Crippen LogP contribution in [0.1, 0.15) is 5.76 Å². The van der Waals surface area contributed by atoms with Crippen LogP contribution in [0.2, 0.25) is 0 Å². The van der Waals surface area contributed by atoms with E-state index in [2.05, 4.69) is 10.4 Å². The standard InChI is InChI=1S/C15H11N3O3/c19-14(8-7-11-4-3-9-21-11)17-18-10-16-13-6-2-1-5-12(13)15(18)20/h1-10H,(H,17,19)/b8-7+. The van der Waals surface area contributed by atoms with Gasteiger partial charge in [0.05, 0.1) is 17.2 Å². The van der Waals surface area contributed by atoms with Gasteiger partial charge in [0.25, 0.3) is 11.5 Å². The highest BCUT2D eigenvalue weighted by atomic mass is 16.3. The van der Waals surface area contributed by atoms with Crippen LogP contribution in [0.5, 0.6) is 0 Å². The molecule has 0 aliphatic carbocycles. The minimum absolute atomic E-state index is 0.333. The first-order valence-electron chi connectivity index (χ1n) is 6.23. The normalized spacial score (nSPS) is 11.0. The molecule has 6 heteroatoms.